The lowest BCUT2D eigenvalue weighted by atomic mass is 9.99. The highest BCUT2D eigenvalue weighted by Gasteiger charge is 2.38. The number of anilines is 2. The van der Waals surface area contributed by atoms with E-state index >= 15 is 0 Å². The molecular weight excluding hydrogens is 623 g/mol. The second kappa shape index (κ2) is 15.0. The fourth-order valence-electron chi connectivity index (χ4n) is 4.98. The van der Waals surface area contributed by atoms with Crippen LogP contribution in [-0.4, -0.2) is 67.3 Å². The first-order valence-corrected chi connectivity index (χ1v) is 14.4. The number of benzene rings is 4. The number of likely N-dealkylation sites (N-methyl/N-ethyl adjacent to an activating group) is 1. The van der Waals surface area contributed by atoms with E-state index in [2.05, 4.69) is 10.2 Å². The van der Waals surface area contributed by atoms with E-state index in [1.54, 1.807) is 36.3 Å². The van der Waals surface area contributed by atoms with E-state index in [4.69, 9.17) is 26.2 Å². The summed E-state index contributed by atoms with van der Waals surface area (Å²) in [6.07, 6.45) is -5.08. The third-order valence-corrected chi connectivity index (χ3v) is 7.59. The van der Waals surface area contributed by atoms with E-state index in [9.17, 15) is 22.8 Å². The SMILES string of the molecule is COC[C@@H]1CN(C(=O)c2ccc(NC(=O)c3ccccc3-c3ccccc3)cc2Cl)c2ccccc2CN1C.O=C(O)C(F)(F)F. The quantitative estimate of drug-likeness (QED) is 0.233. The van der Waals surface area contributed by atoms with Crippen LogP contribution in [0.2, 0.25) is 5.02 Å². The summed E-state index contributed by atoms with van der Waals surface area (Å²) in [5.41, 5.74) is 5.14. The number of carboxylic acids is 1. The molecule has 1 atom stereocenters. The first-order valence-electron chi connectivity index (χ1n) is 14.0. The number of aliphatic carboxylic acids is 1. The van der Waals surface area contributed by atoms with Crippen LogP contribution in [0.4, 0.5) is 24.5 Å². The molecule has 1 aliphatic rings. The van der Waals surface area contributed by atoms with Crippen molar-refractivity contribution in [3.05, 3.63) is 119 Å². The van der Waals surface area contributed by atoms with Crippen molar-refractivity contribution in [1.29, 1.82) is 0 Å². The van der Waals surface area contributed by atoms with Crippen LogP contribution < -0.4 is 10.2 Å². The molecule has 0 saturated carbocycles. The Bertz CT molecular complexity index is 1700. The van der Waals surface area contributed by atoms with Gasteiger partial charge in [-0.25, -0.2) is 4.79 Å². The largest absolute Gasteiger partial charge is 0.490 e. The number of carbonyl (C=O) groups is 3. The van der Waals surface area contributed by atoms with Gasteiger partial charge in [0.05, 0.1) is 23.2 Å². The number of carbonyl (C=O) groups excluding carboxylic acids is 2. The van der Waals surface area contributed by atoms with Gasteiger partial charge in [-0.05, 0) is 54.1 Å². The van der Waals surface area contributed by atoms with Crippen LogP contribution in [0.15, 0.2) is 97.1 Å². The summed E-state index contributed by atoms with van der Waals surface area (Å²) in [5, 5.41) is 10.3. The van der Waals surface area contributed by atoms with Gasteiger partial charge < -0.3 is 20.1 Å². The minimum Gasteiger partial charge on any atom is -0.475 e. The van der Waals surface area contributed by atoms with Crippen molar-refractivity contribution in [1.82, 2.24) is 4.90 Å². The molecule has 1 aliphatic heterocycles. The van der Waals surface area contributed by atoms with E-state index in [1.807, 2.05) is 79.8 Å². The Hall–Kier alpha value is -4.71. The molecule has 1 heterocycles. The molecule has 0 fully saturated rings. The van der Waals surface area contributed by atoms with E-state index in [-0.39, 0.29) is 22.9 Å². The van der Waals surface area contributed by atoms with Crippen LogP contribution in [0.1, 0.15) is 26.3 Å². The third kappa shape index (κ3) is 8.30. The molecule has 0 aromatic heterocycles. The number of methoxy groups -OCH3 is 1. The molecule has 0 bridgehead atoms. The van der Waals surface area contributed by atoms with Gasteiger partial charge in [0.25, 0.3) is 11.8 Å². The minimum atomic E-state index is -5.08. The number of rotatable bonds is 6. The zero-order valence-electron chi connectivity index (χ0n) is 24.9. The number of nitrogens with zero attached hydrogens (tertiary/aromatic N) is 2. The van der Waals surface area contributed by atoms with Crippen LogP contribution in [-0.2, 0) is 16.1 Å². The van der Waals surface area contributed by atoms with Gasteiger partial charge in [-0.2, -0.15) is 13.2 Å². The highest BCUT2D eigenvalue weighted by Crippen LogP contribution is 2.31. The van der Waals surface area contributed by atoms with Crippen molar-refractivity contribution in [2.24, 2.45) is 0 Å². The normalized spacial score (nSPS) is 14.7. The topological polar surface area (TPSA) is 99.2 Å². The Morgan fingerprint density at radius 2 is 1.57 bits per heavy atom. The average Bonchev–Trinajstić information content (AvgIpc) is 3.17. The molecule has 2 N–H and O–H groups in total. The van der Waals surface area contributed by atoms with E-state index < -0.39 is 12.1 Å². The van der Waals surface area contributed by atoms with Crippen molar-refractivity contribution < 1.29 is 37.4 Å². The van der Waals surface area contributed by atoms with Gasteiger partial charge in [-0.15, -0.1) is 0 Å². The molecule has 0 unspecified atom stereocenters. The number of para-hydroxylation sites is 1. The van der Waals surface area contributed by atoms with E-state index in [1.165, 1.54) is 0 Å². The fraction of sp³-hybridized carbons (Fsp3) is 0.206. The number of nitrogens with one attached hydrogen (secondary N) is 1. The molecule has 240 valence electrons. The smallest absolute Gasteiger partial charge is 0.475 e. The van der Waals surface area contributed by atoms with Crippen LogP contribution in [0.3, 0.4) is 0 Å². The van der Waals surface area contributed by atoms with Crippen molar-refractivity contribution in [2.75, 3.05) is 37.5 Å². The second-order valence-electron chi connectivity index (χ2n) is 10.4. The van der Waals surface area contributed by atoms with Crippen LogP contribution in [0.25, 0.3) is 11.1 Å². The summed E-state index contributed by atoms with van der Waals surface area (Å²) in [6.45, 7) is 1.67. The molecule has 5 rings (SSSR count). The number of carboxylic acid groups (broad SMARTS) is 1. The molecule has 0 spiro atoms. The van der Waals surface area contributed by atoms with Gasteiger partial charge in [-0.3, -0.25) is 14.5 Å². The monoisotopic (exact) mass is 653 g/mol. The zero-order chi connectivity index (χ0) is 33.4. The highest BCUT2D eigenvalue weighted by atomic mass is 35.5. The average molecular weight is 654 g/mol. The number of fused-ring (bicyclic) bond motifs is 1. The number of ether oxygens (including phenoxy) is 1. The molecule has 12 heteroatoms. The Balaban J connectivity index is 0.000000617. The molecular formula is C34H31ClF3N3O5. The van der Waals surface area contributed by atoms with E-state index in [0.717, 1.165) is 22.4 Å². The summed E-state index contributed by atoms with van der Waals surface area (Å²) in [6, 6.07) is 30.2. The van der Waals surface area contributed by atoms with Crippen molar-refractivity contribution in [3.8, 4) is 11.1 Å². The first kappa shape index (κ1) is 34.2. The van der Waals surface area contributed by atoms with Gasteiger partial charge in [0, 0.05) is 37.1 Å². The number of hydrogen-bond acceptors (Lipinski definition) is 5. The van der Waals surface area contributed by atoms with Gasteiger partial charge in [0.1, 0.15) is 0 Å². The summed E-state index contributed by atoms with van der Waals surface area (Å²) >= 11 is 6.66. The molecule has 4 aromatic rings. The number of hydrogen-bond donors (Lipinski definition) is 2. The molecule has 0 saturated heterocycles. The summed E-state index contributed by atoms with van der Waals surface area (Å²) in [7, 11) is 3.70. The van der Waals surface area contributed by atoms with Gasteiger partial charge in [0.15, 0.2) is 0 Å². The lowest BCUT2D eigenvalue weighted by Crippen LogP contribution is -2.44. The molecule has 46 heavy (non-hydrogen) atoms. The predicted octanol–water partition coefficient (Wildman–Crippen LogP) is 7.00. The molecule has 2 amide bonds. The number of alkyl halides is 3. The first-order chi connectivity index (χ1) is 21.9. The summed E-state index contributed by atoms with van der Waals surface area (Å²) < 4.78 is 37.2. The zero-order valence-corrected chi connectivity index (χ0v) is 25.7. The van der Waals surface area contributed by atoms with Crippen molar-refractivity contribution in [3.63, 3.8) is 0 Å². The maximum absolute atomic E-state index is 13.8. The Labute approximate surface area is 269 Å². The van der Waals surface area contributed by atoms with Crippen molar-refractivity contribution in [2.45, 2.75) is 18.8 Å². The molecule has 0 aliphatic carbocycles. The minimum absolute atomic E-state index is 0.0216. The van der Waals surface area contributed by atoms with Gasteiger partial charge in [-0.1, -0.05) is 78.3 Å². The van der Waals surface area contributed by atoms with Gasteiger partial charge in [0.2, 0.25) is 0 Å². The maximum Gasteiger partial charge on any atom is 0.490 e. The summed E-state index contributed by atoms with van der Waals surface area (Å²) in [4.78, 5) is 40.0. The highest BCUT2D eigenvalue weighted by molar-refractivity contribution is 6.35. The Morgan fingerprint density at radius 3 is 2.22 bits per heavy atom. The van der Waals surface area contributed by atoms with E-state index in [0.29, 0.717) is 36.5 Å². The fourth-order valence-corrected chi connectivity index (χ4v) is 5.24. The lowest BCUT2D eigenvalue weighted by Gasteiger charge is -2.29. The number of halogens is 4. The Morgan fingerprint density at radius 1 is 0.935 bits per heavy atom. The second-order valence-corrected chi connectivity index (χ2v) is 10.8. The summed E-state index contributed by atoms with van der Waals surface area (Å²) in [5.74, 6) is -3.21. The molecule has 0 radical (unpaired) electrons. The number of amides is 2. The standard InChI is InChI=1S/C32H30ClN3O3.C2HF3O2/c1-35-19-23-12-6-9-15-30(23)36(20-25(35)21-39-2)32(38)28-17-16-24(18-29(28)33)34-31(37)27-14-8-7-13-26(27)22-10-4-3-5-11-22;3-2(4,5)1(6)7/h3-18,25H,19-21H2,1-2H3,(H,34,37);(H,6,7)/t25-;/m0./s1. The van der Waals surface area contributed by atoms with Crippen LogP contribution in [0, 0.1) is 0 Å². The van der Waals surface area contributed by atoms with Crippen molar-refractivity contribution >= 4 is 40.8 Å². The maximum atomic E-state index is 13.8. The lowest BCUT2D eigenvalue weighted by molar-refractivity contribution is -0.192. The van der Waals surface area contributed by atoms with Crippen LogP contribution in [0.5, 0.6) is 0 Å². The van der Waals surface area contributed by atoms with Crippen LogP contribution >= 0.6 is 11.6 Å². The van der Waals surface area contributed by atoms with Gasteiger partial charge >= 0.3 is 12.1 Å². The molecule has 8 nitrogen and oxygen atoms in total. The molecule has 4 aromatic carbocycles. The third-order valence-electron chi connectivity index (χ3n) is 7.28. The predicted molar refractivity (Wildman–Crippen MR) is 170 cm³/mol. The Kier molecular flexibility index (Phi) is 11.2.